The molecule has 0 saturated heterocycles. The van der Waals surface area contributed by atoms with E-state index in [9.17, 15) is 26.3 Å². The first-order chi connectivity index (χ1) is 17.8. The van der Waals surface area contributed by atoms with Crippen LogP contribution < -0.4 is 9.47 Å². The summed E-state index contributed by atoms with van der Waals surface area (Å²) in [5.41, 5.74) is -0.666. The van der Waals surface area contributed by atoms with Gasteiger partial charge in [-0.2, -0.15) is 31.4 Å². The lowest BCUT2D eigenvalue weighted by atomic mass is 10.0. The maximum Gasteiger partial charge on any atom is 0.435 e. The summed E-state index contributed by atoms with van der Waals surface area (Å²) in [7, 11) is 0. The van der Waals surface area contributed by atoms with Crippen molar-refractivity contribution < 1.29 is 35.8 Å². The highest BCUT2D eigenvalue weighted by Crippen LogP contribution is 2.38. The molecule has 0 saturated carbocycles. The molecule has 38 heavy (non-hydrogen) atoms. The highest BCUT2D eigenvalue weighted by atomic mass is 35.5. The van der Waals surface area contributed by atoms with E-state index in [1.165, 1.54) is 18.2 Å². The number of aromatic nitrogens is 2. The summed E-state index contributed by atoms with van der Waals surface area (Å²) in [5, 5.41) is 3.14. The van der Waals surface area contributed by atoms with Gasteiger partial charge in [0, 0.05) is 5.56 Å². The fourth-order valence-corrected chi connectivity index (χ4v) is 4.12. The molecule has 1 aromatic heterocycles. The lowest BCUT2D eigenvalue weighted by molar-refractivity contribution is -0.141. The Morgan fingerprint density at radius 2 is 1.71 bits per heavy atom. The van der Waals surface area contributed by atoms with Crippen molar-refractivity contribution in [3.8, 4) is 22.6 Å². The zero-order valence-corrected chi connectivity index (χ0v) is 21.0. The molecule has 0 N–H and O–H groups in total. The van der Waals surface area contributed by atoms with E-state index >= 15 is 0 Å². The van der Waals surface area contributed by atoms with Crippen LogP contribution in [0.3, 0.4) is 0 Å². The van der Waals surface area contributed by atoms with E-state index in [1.54, 1.807) is 44.2 Å². The standard InChI is InChI=1S/C27H23ClF6N2O2/c1-16(2)38-24-12-9-18(26(29,30)31)13-21(24)17-7-10-20(11-8-17)37-15-19-14-25(27(32,33)34)35-36(19)23-6-4-3-5-22(23)28/h3-4,6-14,16,22H,5,15H2,1-2H3. The number of alkyl halides is 7. The van der Waals surface area contributed by atoms with Crippen molar-refractivity contribution in [3.05, 3.63) is 83.7 Å². The molecule has 4 nitrogen and oxygen atoms in total. The van der Waals surface area contributed by atoms with Crippen LogP contribution >= 0.6 is 11.6 Å². The van der Waals surface area contributed by atoms with Crippen LogP contribution in [0.25, 0.3) is 16.8 Å². The minimum Gasteiger partial charge on any atom is -0.490 e. The number of hydrogen-bond donors (Lipinski definition) is 0. The second kappa shape index (κ2) is 10.8. The Balaban J connectivity index is 1.59. The summed E-state index contributed by atoms with van der Waals surface area (Å²) >= 11 is 6.31. The topological polar surface area (TPSA) is 36.3 Å². The molecule has 0 aliphatic heterocycles. The first kappa shape index (κ1) is 27.6. The Kier molecular flexibility index (Phi) is 7.83. The fourth-order valence-electron chi connectivity index (χ4n) is 3.85. The zero-order valence-electron chi connectivity index (χ0n) is 20.3. The van der Waals surface area contributed by atoms with Gasteiger partial charge >= 0.3 is 12.4 Å². The molecule has 0 bridgehead atoms. The van der Waals surface area contributed by atoms with Crippen molar-refractivity contribution in [1.82, 2.24) is 9.78 Å². The highest BCUT2D eigenvalue weighted by molar-refractivity contribution is 6.25. The van der Waals surface area contributed by atoms with Crippen LogP contribution in [0.5, 0.6) is 11.5 Å². The van der Waals surface area contributed by atoms with Crippen LogP contribution in [0, 0.1) is 0 Å². The van der Waals surface area contributed by atoms with Crippen LogP contribution in [0.2, 0.25) is 0 Å². The van der Waals surface area contributed by atoms with E-state index < -0.39 is 29.0 Å². The Morgan fingerprint density at radius 3 is 2.32 bits per heavy atom. The van der Waals surface area contributed by atoms with Gasteiger partial charge in [0.15, 0.2) is 5.69 Å². The molecular weight excluding hydrogens is 534 g/mol. The van der Waals surface area contributed by atoms with Crippen molar-refractivity contribution in [1.29, 1.82) is 0 Å². The monoisotopic (exact) mass is 556 g/mol. The van der Waals surface area contributed by atoms with Gasteiger partial charge in [-0.3, -0.25) is 0 Å². The average molecular weight is 557 g/mol. The van der Waals surface area contributed by atoms with E-state index in [0.29, 0.717) is 23.4 Å². The first-order valence-electron chi connectivity index (χ1n) is 11.6. The van der Waals surface area contributed by atoms with Gasteiger partial charge in [-0.25, -0.2) is 4.68 Å². The van der Waals surface area contributed by atoms with Gasteiger partial charge in [0.1, 0.15) is 18.1 Å². The molecule has 1 unspecified atom stereocenters. The van der Waals surface area contributed by atoms with Gasteiger partial charge < -0.3 is 9.47 Å². The molecule has 0 fully saturated rings. The number of ether oxygens (including phenoxy) is 2. The van der Waals surface area contributed by atoms with Gasteiger partial charge in [0.25, 0.3) is 0 Å². The summed E-state index contributed by atoms with van der Waals surface area (Å²) in [6.07, 6.45) is -3.92. The number of halogens is 7. The van der Waals surface area contributed by atoms with E-state index in [1.807, 2.05) is 0 Å². The second-order valence-corrected chi connectivity index (χ2v) is 9.37. The van der Waals surface area contributed by atoms with Crippen LogP contribution in [0.1, 0.15) is 37.2 Å². The van der Waals surface area contributed by atoms with Gasteiger partial charge in [-0.05, 0) is 68.3 Å². The molecule has 0 spiro atoms. The molecule has 1 atom stereocenters. The van der Waals surface area contributed by atoms with Crippen molar-refractivity contribution in [2.45, 2.75) is 50.7 Å². The smallest absolute Gasteiger partial charge is 0.435 e. The third-order valence-electron chi connectivity index (χ3n) is 5.61. The predicted octanol–water partition coefficient (Wildman–Crippen LogP) is 8.36. The molecule has 202 valence electrons. The quantitative estimate of drug-likeness (QED) is 0.217. The minimum atomic E-state index is -4.66. The van der Waals surface area contributed by atoms with Crippen LogP contribution in [-0.2, 0) is 19.0 Å². The maximum atomic E-state index is 13.4. The Bertz CT molecular complexity index is 1340. The largest absolute Gasteiger partial charge is 0.490 e. The molecule has 1 aliphatic rings. The number of nitrogens with zero attached hydrogens (tertiary/aromatic N) is 2. The van der Waals surface area contributed by atoms with Gasteiger partial charge in [-0.1, -0.05) is 24.3 Å². The highest BCUT2D eigenvalue weighted by Gasteiger charge is 2.36. The molecule has 3 aromatic rings. The van der Waals surface area contributed by atoms with Crippen molar-refractivity contribution in [2.75, 3.05) is 0 Å². The molecule has 0 radical (unpaired) electrons. The number of allylic oxidation sites excluding steroid dienone is 4. The summed E-state index contributed by atoms with van der Waals surface area (Å²) in [5.74, 6) is 0.587. The summed E-state index contributed by atoms with van der Waals surface area (Å²) < 4.78 is 92.6. The molecule has 0 amide bonds. The number of benzene rings is 2. The normalized spacial score (nSPS) is 16.1. The van der Waals surface area contributed by atoms with Crippen LogP contribution in [0.15, 0.2) is 66.8 Å². The predicted molar refractivity (Wildman–Crippen MR) is 132 cm³/mol. The third-order valence-corrected chi connectivity index (χ3v) is 6.01. The van der Waals surface area contributed by atoms with E-state index in [-0.39, 0.29) is 29.7 Å². The van der Waals surface area contributed by atoms with Gasteiger partial charge in [-0.15, -0.1) is 11.6 Å². The third kappa shape index (κ3) is 6.35. The van der Waals surface area contributed by atoms with Gasteiger partial charge in [0.05, 0.1) is 28.4 Å². The van der Waals surface area contributed by atoms with Crippen LogP contribution in [0.4, 0.5) is 26.3 Å². The van der Waals surface area contributed by atoms with Crippen molar-refractivity contribution in [2.24, 2.45) is 0 Å². The van der Waals surface area contributed by atoms with Gasteiger partial charge in [0.2, 0.25) is 0 Å². The SMILES string of the molecule is CC(C)Oc1ccc(C(F)(F)F)cc1-c1ccc(OCc2cc(C(F)(F)F)nn2C2=CC=CCC2Cl)cc1. The maximum absolute atomic E-state index is 13.4. The molecule has 2 aromatic carbocycles. The molecule has 11 heteroatoms. The molecule has 4 rings (SSSR count). The molecule has 1 aliphatic carbocycles. The minimum absolute atomic E-state index is 0.138. The van der Waals surface area contributed by atoms with E-state index in [2.05, 4.69) is 5.10 Å². The second-order valence-electron chi connectivity index (χ2n) is 8.84. The number of rotatable bonds is 7. The summed E-state index contributed by atoms with van der Waals surface area (Å²) in [4.78, 5) is 0. The molecule has 1 heterocycles. The Morgan fingerprint density at radius 1 is 1.00 bits per heavy atom. The van der Waals surface area contributed by atoms with Crippen LogP contribution in [-0.4, -0.2) is 21.3 Å². The first-order valence-corrected chi connectivity index (χ1v) is 12.0. The van der Waals surface area contributed by atoms with Crippen molar-refractivity contribution in [3.63, 3.8) is 0 Å². The lowest BCUT2D eigenvalue weighted by Crippen LogP contribution is -2.16. The van der Waals surface area contributed by atoms with E-state index in [0.717, 1.165) is 22.9 Å². The summed E-state index contributed by atoms with van der Waals surface area (Å²) in [6.45, 7) is 3.27. The average Bonchev–Trinajstić information content (AvgIpc) is 3.27. The molecular formula is C27H23ClF6N2O2. The Hall–Kier alpha value is -3.40. The number of hydrogen-bond acceptors (Lipinski definition) is 3. The Labute approximate surface area is 220 Å². The van der Waals surface area contributed by atoms with Crippen molar-refractivity contribution >= 4 is 17.3 Å². The summed E-state index contributed by atoms with van der Waals surface area (Å²) in [6, 6.07) is 10.3. The zero-order chi connectivity index (χ0) is 27.7. The fraction of sp³-hybridized carbons (Fsp3) is 0.296. The lowest BCUT2D eigenvalue weighted by Gasteiger charge is -2.18. The van der Waals surface area contributed by atoms with E-state index in [4.69, 9.17) is 21.1 Å².